The predicted octanol–water partition coefficient (Wildman–Crippen LogP) is 2.66. The minimum Gasteiger partial charge on any atom is -0.467 e. The second kappa shape index (κ2) is 8.84. The van der Waals surface area contributed by atoms with E-state index >= 15 is 0 Å². The van der Waals surface area contributed by atoms with Crippen LogP contribution in [0, 0.1) is 5.82 Å². The molecule has 1 rings (SSSR count). The van der Waals surface area contributed by atoms with E-state index in [0.29, 0.717) is 6.07 Å². The molecule has 0 radical (unpaired) electrons. The van der Waals surface area contributed by atoms with Crippen molar-refractivity contribution in [3.8, 4) is 5.75 Å². The van der Waals surface area contributed by atoms with E-state index in [4.69, 9.17) is 4.74 Å². The lowest BCUT2D eigenvalue weighted by atomic mass is 10.1. The topological polar surface area (TPSA) is 108 Å². The van der Waals surface area contributed by atoms with Crippen LogP contribution < -0.4 is 9.50 Å². The van der Waals surface area contributed by atoms with Gasteiger partial charge in [-0.1, -0.05) is 6.07 Å². The summed E-state index contributed by atoms with van der Waals surface area (Å²) in [6.45, 7) is 4.73. The standard InChI is InChI=1S/C16H19F4NO7S/c1-15(2,3)27-14(23)21-12(13(22)26-4)7-9-5-6-10(8-11(9)17)28-29(24,25)16(18,19)20/h5-6,8,12H,7H2,1-4H3,(H,21,23)/t12-/m0/s1. The number of benzene rings is 1. The zero-order valence-electron chi connectivity index (χ0n) is 15.8. The smallest absolute Gasteiger partial charge is 0.467 e. The SMILES string of the molecule is COC(=O)[C@H](Cc1ccc(OS(=O)(=O)C(F)(F)F)cc1F)NC(=O)OC(C)(C)C. The minimum atomic E-state index is -5.97. The van der Waals surface area contributed by atoms with Gasteiger partial charge >= 0.3 is 27.7 Å². The number of alkyl halides is 3. The van der Waals surface area contributed by atoms with Crippen molar-refractivity contribution in [2.24, 2.45) is 0 Å². The summed E-state index contributed by atoms with van der Waals surface area (Å²) in [5.41, 5.74) is -6.79. The van der Waals surface area contributed by atoms with E-state index in [-0.39, 0.29) is 5.56 Å². The van der Waals surface area contributed by atoms with Gasteiger partial charge in [-0.05, 0) is 32.4 Å². The zero-order chi connectivity index (χ0) is 22.6. The van der Waals surface area contributed by atoms with Gasteiger partial charge in [0.2, 0.25) is 0 Å². The van der Waals surface area contributed by atoms with Gasteiger partial charge in [-0.15, -0.1) is 0 Å². The number of hydrogen-bond acceptors (Lipinski definition) is 7. The second-order valence-corrected chi connectivity index (χ2v) is 8.20. The molecule has 0 heterocycles. The van der Waals surface area contributed by atoms with E-state index in [1.54, 1.807) is 20.8 Å². The van der Waals surface area contributed by atoms with Crippen molar-refractivity contribution in [1.82, 2.24) is 5.32 Å². The van der Waals surface area contributed by atoms with Gasteiger partial charge in [0.25, 0.3) is 0 Å². The number of esters is 1. The number of amides is 1. The van der Waals surface area contributed by atoms with Crippen LogP contribution >= 0.6 is 0 Å². The lowest BCUT2D eigenvalue weighted by molar-refractivity contribution is -0.143. The Hall–Kier alpha value is -2.57. The molecule has 1 aromatic rings. The van der Waals surface area contributed by atoms with Crippen molar-refractivity contribution in [3.05, 3.63) is 29.6 Å². The second-order valence-electron chi connectivity index (χ2n) is 6.66. The highest BCUT2D eigenvalue weighted by atomic mass is 32.2. The van der Waals surface area contributed by atoms with Crippen molar-refractivity contribution < 1.29 is 49.2 Å². The average molecular weight is 445 g/mol. The van der Waals surface area contributed by atoms with Gasteiger partial charge in [-0.25, -0.2) is 14.0 Å². The maximum Gasteiger partial charge on any atom is 0.534 e. The number of carbonyl (C=O) groups is 2. The lowest BCUT2D eigenvalue weighted by Crippen LogP contribution is -2.45. The summed E-state index contributed by atoms with van der Waals surface area (Å²) in [7, 11) is -4.94. The van der Waals surface area contributed by atoms with Gasteiger partial charge in [-0.2, -0.15) is 21.6 Å². The number of rotatable bonds is 6. The molecule has 29 heavy (non-hydrogen) atoms. The Morgan fingerprint density at radius 2 is 1.76 bits per heavy atom. The van der Waals surface area contributed by atoms with Crippen LogP contribution in [0.1, 0.15) is 26.3 Å². The van der Waals surface area contributed by atoms with Crippen LogP contribution in [-0.4, -0.2) is 44.7 Å². The molecule has 0 spiro atoms. The largest absolute Gasteiger partial charge is 0.534 e. The Balaban J connectivity index is 3.01. The summed E-state index contributed by atoms with van der Waals surface area (Å²) in [5, 5.41) is 2.19. The van der Waals surface area contributed by atoms with Crippen LogP contribution in [0.25, 0.3) is 0 Å². The number of nitrogens with one attached hydrogen (secondary N) is 1. The fraction of sp³-hybridized carbons (Fsp3) is 0.500. The van der Waals surface area contributed by atoms with Crippen molar-refractivity contribution in [2.75, 3.05) is 7.11 Å². The molecule has 0 aliphatic rings. The fourth-order valence-corrected chi connectivity index (χ4v) is 2.38. The number of halogens is 4. The molecule has 0 saturated heterocycles. The molecular weight excluding hydrogens is 426 g/mol. The average Bonchev–Trinajstić information content (AvgIpc) is 2.52. The highest BCUT2D eigenvalue weighted by Gasteiger charge is 2.48. The Morgan fingerprint density at radius 1 is 1.17 bits per heavy atom. The first-order valence-corrected chi connectivity index (χ1v) is 9.33. The highest BCUT2D eigenvalue weighted by molar-refractivity contribution is 7.88. The van der Waals surface area contributed by atoms with Gasteiger partial charge in [0.1, 0.15) is 23.2 Å². The summed E-state index contributed by atoms with van der Waals surface area (Å²) >= 11 is 0. The summed E-state index contributed by atoms with van der Waals surface area (Å²) in [6, 6.07) is 0.697. The van der Waals surface area contributed by atoms with Crippen LogP contribution in [-0.2, 0) is 30.8 Å². The first kappa shape index (κ1) is 24.5. The molecule has 1 amide bonds. The molecule has 164 valence electrons. The van der Waals surface area contributed by atoms with Crippen LogP contribution in [0.4, 0.5) is 22.4 Å². The molecule has 1 atom stereocenters. The maximum absolute atomic E-state index is 14.2. The number of methoxy groups -OCH3 is 1. The van der Waals surface area contributed by atoms with Crippen molar-refractivity contribution in [3.63, 3.8) is 0 Å². The van der Waals surface area contributed by atoms with Crippen LogP contribution in [0.5, 0.6) is 5.75 Å². The van der Waals surface area contributed by atoms with E-state index in [9.17, 15) is 35.6 Å². The summed E-state index contributed by atoms with van der Waals surface area (Å²) < 4.78 is 86.5. The molecule has 0 aromatic heterocycles. The quantitative estimate of drug-likeness (QED) is 0.310. The Labute approximate surface area is 164 Å². The molecule has 0 aliphatic carbocycles. The Morgan fingerprint density at radius 3 is 2.21 bits per heavy atom. The lowest BCUT2D eigenvalue weighted by Gasteiger charge is -2.22. The number of carbonyl (C=O) groups excluding carboxylic acids is 2. The third-order valence-electron chi connectivity index (χ3n) is 3.11. The van der Waals surface area contributed by atoms with E-state index in [0.717, 1.165) is 19.2 Å². The third kappa shape index (κ3) is 7.40. The Bertz CT molecular complexity index is 863. The summed E-state index contributed by atoms with van der Waals surface area (Å²) in [6.07, 6.45) is -1.44. The molecule has 1 N–H and O–H groups in total. The molecule has 13 heteroatoms. The van der Waals surface area contributed by atoms with Gasteiger partial charge in [0, 0.05) is 12.5 Å². The van der Waals surface area contributed by atoms with Crippen LogP contribution in [0.15, 0.2) is 18.2 Å². The summed E-state index contributed by atoms with van der Waals surface area (Å²) in [4.78, 5) is 23.7. The van der Waals surface area contributed by atoms with Crippen LogP contribution in [0.2, 0.25) is 0 Å². The molecule has 8 nitrogen and oxygen atoms in total. The molecule has 0 fully saturated rings. The monoisotopic (exact) mass is 445 g/mol. The van der Waals surface area contributed by atoms with Crippen molar-refractivity contribution in [1.29, 1.82) is 0 Å². The normalized spacial score (nSPS) is 13.4. The van der Waals surface area contributed by atoms with Gasteiger partial charge in [0.15, 0.2) is 0 Å². The van der Waals surface area contributed by atoms with Crippen molar-refractivity contribution >= 4 is 22.2 Å². The molecule has 0 bridgehead atoms. The first-order valence-electron chi connectivity index (χ1n) is 7.92. The van der Waals surface area contributed by atoms with Crippen LogP contribution in [0.3, 0.4) is 0 Å². The number of alkyl carbamates (subject to hydrolysis) is 1. The molecule has 1 aromatic carbocycles. The number of ether oxygens (including phenoxy) is 2. The van der Waals surface area contributed by atoms with Crippen molar-refractivity contribution in [2.45, 2.75) is 44.3 Å². The van der Waals surface area contributed by atoms with Gasteiger partial charge in [-0.3, -0.25) is 0 Å². The van der Waals surface area contributed by atoms with E-state index < -0.39 is 57.3 Å². The van der Waals surface area contributed by atoms with E-state index in [1.807, 2.05) is 0 Å². The first-order chi connectivity index (χ1) is 13.1. The molecule has 0 unspecified atom stereocenters. The fourth-order valence-electron chi connectivity index (χ4n) is 1.92. The van der Waals surface area contributed by atoms with E-state index in [2.05, 4.69) is 14.2 Å². The third-order valence-corrected chi connectivity index (χ3v) is 4.09. The molecular formula is C16H19F4NO7S. The Kier molecular flexibility index (Phi) is 7.46. The zero-order valence-corrected chi connectivity index (χ0v) is 16.6. The molecule has 0 saturated carbocycles. The number of hydrogen-bond donors (Lipinski definition) is 1. The van der Waals surface area contributed by atoms with Gasteiger partial charge in [0.05, 0.1) is 7.11 Å². The maximum atomic E-state index is 14.2. The summed E-state index contributed by atoms with van der Waals surface area (Å²) in [5.74, 6) is -3.02. The highest BCUT2D eigenvalue weighted by Crippen LogP contribution is 2.28. The van der Waals surface area contributed by atoms with Gasteiger partial charge < -0.3 is 19.0 Å². The minimum absolute atomic E-state index is 0.229. The van der Waals surface area contributed by atoms with E-state index in [1.165, 1.54) is 0 Å². The predicted molar refractivity (Wildman–Crippen MR) is 90.9 cm³/mol. The molecule has 0 aliphatic heterocycles.